The van der Waals surface area contributed by atoms with Crippen LogP contribution in [0, 0.1) is 0 Å². The lowest BCUT2D eigenvalue weighted by Crippen LogP contribution is -2.42. The van der Waals surface area contributed by atoms with Crippen molar-refractivity contribution in [3.8, 4) is 0 Å². The molecule has 0 spiro atoms. The zero-order valence-electron chi connectivity index (χ0n) is 14.5. The van der Waals surface area contributed by atoms with Gasteiger partial charge in [0.05, 0.1) is 0 Å². The molecule has 1 atom stereocenters. The average Bonchev–Trinajstić information content (AvgIpc) is 2.54. The zero-order chi connectivity index (χ0) is 18.6. The van der Waals surface area contributed by atoms with Gasteiger partial charge in [0.25, 0.3) is 5.91 Å². The number of carbonyl (C=O) groups excluding carboxylic acids is 1. The van der Waals surface area contributed by atoms with Gasteiger partial charge >= 0.3 is 5.97 Å². The molecule has 0 aliphatic carbocycles. The minimum absolute atomic E-state index is 0.0352. The van der Waals surface area contributed by atoms with E-state index in [0.717, 1.165) is 5.56 Å². The van der Waals surface area contributed by atoms with Crippen LogP contribution in [0.4, 0.5) is 0 Å². The molecule has 25 heavy (non-hydrogen) atoms. The fraction of sp³-hybridized carbons (Fsp3) is 0.300. The van der Waals surface area contributed by atoms with Gasteiger partial charge in [0.15, 0.2) is 0 Å². The third-order valence-corrected chi connectivity index (χ3v) is 4.22. The highest BCUT2D eigenvalue weighted by molar-refractivity contribution is 6.30. The Labute approximate surface area is 152 Å². The molecule has 0 radical (unpaired) electrons. The standard InChI is InChI=1S/C20H22ClNO3/c1-20(2,3)15-8-4-13(5-9-15)12-17(19(24)25)22-18(23)14-6-10-16(21)11-7-14/h4-11,17H,12H2,1-3H3,(H,22,23)(H,24,25)/t17-/m0/s1. The second-order valence-electron chi connectivity index (χ2n) is 7.02. The number of benzene rings is 2. The number of carboxylic acid groups (broad SMARTS) is 1. The number of hydrogen-bond acceptors (Lipinski definition) is 2. The smallest absolute Gasteiger partial charge is 0.326 e. The summed E-state index contributed by atoms with van der Waals surface area (Å²) < 4.78 is 0. The predicted molar refractivity (Wildman–Crippen MR) is 99.2 cm³/mol. The molecule has 0 aliphatic heterocycles. The summed E-state index contributed by atoms with van der Waals surface area (Å²) >= 11 is 5.80. The van der Waals surface area contributed by atoms with E-state index in [1.807, 2.05) is 24.3 Å². The molecule has 1 amide bonds. The first-order valence-corrected chi connectivity index (χ1v) is 8.43. The van der Waals surface area contributed by atoms with E-state index in [4.69, 9.17) is 11.6 Å². The van der Waals surface area contributed by atoms with E-state index in [1.165, 1.54) is 5.56 Å². The summed E-state index contributed by atoms with van der Waals surface area (Å²) in [7, 11) is 0. The maximum absolute atomic E-state index is 12.2. The number of halogens is 1. The number of hydrogen-bond donors (Lipinski definition) is 2. The molecule has 2 aromatic rings. The van der Waals surface area contributed by atoms with Crippen LogP contribution < -0.4 is 5.32 Å². The summed E-state index contributed by atoms with van der Waals surface area (Å²) in [6.45, 7) is 6.36. The van der Waals surface area contributed by atoms with Crippen molar-refractivity contribution in [2.24, 2.45) is 0 Å². The van der Waals surface area contributed by atoms with Crippen LogP contribution >= 0.6 is 11.6 Å². The predicted octanol–water partition coefficient (Wildman–Crippen LogP) is 4.06. The van der Waals surface area contributed by atoms with Crippen LogP contribution in [0.25, 0.3) is 0 Å². The number of carbonyl (C=O) groups is 2. The molecule has 5 heteroatoms. The van der Waals surface area contributed by atoms with Crippen molar-refractivity contribution < 1.29 is 14.7 Å². The molecule has 0 aliphatic rings. The van der Waals surface area contributed by atoms with Crippen molar-refractivity contribution in [3.63, 3.8) is 0 Å². The Bertz CT molecular complexity index is 746. The fourth-order valence-corrected chi connectivity index (χ4v) is 2.55. The lowest BCUT2D eigenvalue weighted by atomic mass is 9.86. The van der Waals surface area contributed by atoms with E-state index in [2.05, 4.69) is 26.1 Å². The molecule has 4 nitrogen and oxygen atoms in total. The SMILES string of the molecule is CC(C)(C)c1ccc(C[C@H](NC(=O)c2ccc(Cl)cc2)C(=O)O)cc1. The second-order valence-corrected chi connectivity index (χ2v) is 7.46. The zero-order valence-corrected chi connectivity index (χ0v) is 15.3. The number of nitrogens with one attached hydrogen (secondary N) is 1. The fourth-order valence-electron chi connectivity index (χ4n) is 2.42. The Morgan fingerprint density at radius 3 is 2.08 bits per heavy atom. The first-order valence-electron chi connectivity index (χ1n) is 8.05. The van der Waals surface area contributed by atoms with Gasteiger partial charge in [-0.15, -0.1) is 0 Å². The van der Waals surface area contributed by atoms with Crippen LogP contribution in [0.15, 0.2) is 48.5 Å². The molecule has 2 N–H and O–H groups in total. The Balaban J connectivity index is 2.09. The number of rotatable bonds is 5. The first kappa shape index (κ1) is 19.0. The monoisotopic (exact) mass is 359 g/mol. The van der Waals surface area contributed by atoms with Gasteiger partial charge in [-0.05, 0) is 40.8 Å². The molecule has 2 rings (SSSR count). The highest BCUT2D eigenvalue weighted by Crippen LogP contribution is 2.22. The van der Waals surface area contributed by atoms with Gasteiger partial charge in [0, 0.05) is 17.0 Å². The quantitative estimate of drug-likeness (QED) is 0.845. The molecular weight excluding hydrogens is 338 g/mol. The Kier molecular flexibility index (Phi) is 5.85. The summed E-state index contributed by atoms with van der Waals surface area (Å²) in [4.78, 5) is 23.7. The number of aliphatic carboxylic acids is 1. The van der Waals surface area contributed by atoms with Crippen molar-refractivity contribution in [1.82, 2.24) is 5.32 Å². The second kappa shape index (κ2) is 7.70. The highest BCUT2D eigenvalue weighted by Gasteiger charge is 2.21. The molecule has 0 bridgehead atoms. The van der Waals surface area contributed by atoms with E-state index in [-0.39, 0.29) is 11.8 Å². The summed E-state index contributed by atoms with van der Waals surface area (Å²) in [5, 5.41) is 12.5. The Morgan fingerprint density at radius 2 is 1.60 bits per heavy atom. The molecule has 0 aromatic heterocycles. The third kappa shape index (κ3) is 5.33. The lowest BCUT2D eigenvalue weighted by Gasteiger charge is -2.20. The summed E-state index contributed by atoms with van der Waals surface area (Å²) in [6.07, 6.45) is 0.221. The van der Waals surface area contributed by atoms with Gasteiger partial charge in [-0.1, -0.05) is 56.6 Å². The summed E-state index contributed by atoms with van der Waals surface area (Å²) in [5.41, 5.74) is 2.44. The van der Waals surface area contributed by atoms with Crippen LogP contribution in [0.5, 0.6) is 0 Å². The number of carboxylic acids is 1. The minimum atomic E-state index is -1.07. The van der Waals surface area contributed by atoms with Crippen LogP contribution in [-0.4, -0.2) is 23.0 Å². The first-order chi connectivity index (χ1) is 11.7. The highest BCUT2D eigenvalue weighted by atomic mass is 35.5. The van der Waals surface area contributed by atoms with Crippen LogP contribution in [0.1, 0.15) is 42.3 Å². The van der Waals surface area contributed by atoms with Gasteiger partial charge in [-0.3, -0.25) is 4.79 Å². The molecule has 0 saturated heterocycles. The maximum Gasteiger partial charge on any atom is 0.326 e. The Hall–Kier alpha value is -2.33. The van der Waals surface area contributed by atoms with Gasteiger partial charge in [0.2, 0.25) is 0 Å². The largest absolute Gasteiger partial charge is 0.480 e. The normalized spacial score (nSPS) is 12.5. The molecule has 132 valence electrons. The van der Waals surface area contributed by atoms with E-state index in [9.17, 15) is 14.7 Å². The van der Waals surface area contributed by atoms with Crippen LogP contribution in [0.3, 0.4) is 0 Å². The van der Waals surface area contributed by atoms with Crippen molar-refractivity contribution in [3.05, 3.63) is 70.2 Å². The van der Waals surface area contributed by atoms with E-state index in [1.54, 1.807) is 24.3 Å². The van der Waals surface area contributed by atoms with Crippen molar-refractivity contribution in [2.75, 3.05) is 0 Å². The summed E-state index contributed by atoms with van der Waals surface area (Å²) in [6, 6.07) is 13.1. The maximum atomic E-state index is 12.2. The molecule has 0 fully saturated rings. The van der Waals surface area contributed by atoms with Crippen molar-refractivity contribution in [1.29, 1.82) is 0 Å². The van der Waals surface area contributed by atoms with Crippen molar-refractivity contribution in [2.45, 2.75) is 38.6 Å². The molecule has 0 saturated carbocycles. The minimum Gasteiger partial charge on any atom is -0.480 e. The lowest BCUT2D eigenvalue weighted by molar-refractivity contribution is -0.139. The summed E-state index contributed by atoms with van der Waals surface area (Å²) in [5.74, 6) is -1.50. The topological polar surface area (TPSA) is 66.4 Å². The molecular formula is C20H22ClNO3. The van der Waals surface area contributed by atoms with E-state index < -0.39 is 17.9 Å². The number of amides is 1. The van der Waals surface area contributed by atoms with E-state index in [0.29, 0.717) is 10.6 Å². The van der Waals surface area contributed by atoms with Crippen LogP contribution in [0.2, 0.25) is 5.02 Å². The van der Waals surface area contributed by atoms with Crippen molar-refractivity contribution >= 4 is 23.5 Å². The molecule has 0 unspecified atom stereocenters. The molecule has 2 aromatic carbocycles. The van der Waals surface area contributed by atoms with Gasteiger partial charge in [-0.25, -0.2) is 4.79 Å². The van der Waals surface area contributed by atoms with Gasteiger partial charge in [-0.2, -0.15) is 0 Å². The third-order valence-electron chi connectivity index (χ3n) is 3.97. The molecule has 0 heterocycles. The van der Waals surface area contributed by atoms with E-state index >= 15 is 0 Å². The van der Waals surface area contributed by atoms with Gasteiger partial charge in [0.1, 0.15) is 6.04 Å². The Morgan fingerprint density at radius 1 is 1.04 bits per heavy atom. The van der Waals surface area contributed by atoms with Gasteiger partial charge < -0.3 is 10.4 Å². The average molecular weight is 360 g/mol. The van der Waals surface area contributed by atoms with Crippen LogP contribution in [-0.2, 0) is 16.6 Å².